The van der Waals surface area contributed by atoms with Crippen molar-refractivity contribution in [3.8, 4) is 0 Å². The van der Waals surface area contributed by atoms with Crippen molar-refractivity contribution in [1.82, 2.24) is 10.2 Å². The summed E-state index contributed by atoms with van der Waals surface area (Å²) in [6.07, 6.45) is 1.38. The molecule has 2 fully saturated rings. The third-order valence-corrected chi connectivity index (χ3v) is 6.53. The molecule has 6 nitrogen and oxygen atoms in total. The maximum absolute atomic E-state index is 12.6. The summed E-state index contributed by atoms with van der Waals surface area (Å²) in [5.41, 5.74) is 0. The fourth-order valence-electron chi connectivity index (χ4n) is 3.01. The van der Waals surface area contributed by atoms with E-state index in [-0.39, 0.29) is 35.2 Å². The van der Waals surface area contributed by atoms with Gasteiger partial charge in [-0.1, -0.05) is 20.3 Å². The summed E-state index contributed by atoms with van der Waals surface area (Å²) in [5.74, 6) is 0.101. The van der Waals surface area contributed by atoms with Crippen LogP contribution in [0.15, 0.2) is 0 Å². The molecule has 2 rings (SSSR count). The molecule has 0 radical (unpaired) electrons. The molecule has 21 heavy (non-hydrogen) atoms. The number of carbonyl (C=O) groups excluding carboxylic acids is 2. The number of nitrogens with one attached hydrogen (secondary N) is 1. The Balaban J connectivity index is 2.12. The van der Waals surface area contributed by atoms with Crippen molar-refractivity contribution in [3.05, 3.63) is 0 Å². The van der Waals surface area contributed by atoms with Crippen LogP contribution in [0.2, 0.25) is 0 Å². The van der Waals surface area contributed by atoms with Crippen molar-refractivity contribution >= 4 is 21.7 Å². The highest BCUT2D eigenvalue weighted by Crippen LogP contribution is 2.24. The van der Waals surface area contributed by atoms with E-state index >= 15 is 0 Å². The Morgan fingerprint density at radius 1 is 1.38 bits per heavy atom. The Morgan fingerprint density at radius 2 is 2.05 bits per heavy atom. The lowest BCUT2D eigenvalue weighted by Crippen LogP contribution is -2.64. The number of hydrogen-bond acceptors (Lipinski definition) is 4. The lowest BCUT2D eigenvalue weighted by Gasteiger charge is -2.40. The lowest BCUT2D eigenvalue weighted by molar-refractivity contribution is -0.150. The largest absolute Gasteiger partial charge is 0.342 e. The summed E-state index contributed by atoms with van der Waals surface area (Å²) in [6, 6.07) is -1.02. The second-order valence-electron chi connectivity index (χ2n) is 6.31. The minimum Gasteiger partial charge on any atom is -0.342 e. The van der Waals surface area contributed by atoms with Crippen LogP contribution in [-0.4, -0.2) is 55.3 Å². The van der Waals surface area contributed by atoms with Crippen LogP contribution in [0.25, 0.3) is 0 Å². The molecule has 120 valence electrons. The third kappa shape index (κ3) is 3.39. The number of nitrogens with zero attached hydrogens (tertiary/aromatic N) is 1. The Morgan fingerprint density at radius 3 is 2.57 bits per heavy atom. The molecule has 4 atom stereocenters. The summed E-state index contributed by atoms with van der Waals surface area (Å²) in [7, 11) is -2.97. The number of carbonyl (C=O) groups is 2. The quantitative estimate of drug-likeness (QED) is 0.802. The highest BCUT2D eigenvalue weighted by atomic mass is 32.2. The number of hydrogen-bond donors (Lipinski definition) is 1. The predicted octanol–water partition coefficient (Wildman–Crippen LogP) is 0.183. The smallest absolute Gasteiger partial charge is 0.246 e. The lowest BCUT2D eigenvalue weighted by atomic mass is 9.93. The Kier molecular flexibility index (Phi) is 4.60. The molecule has 2 aliphatic rings. The fourth-order valence-corrected chi connectivity index (χ4v) is 4.86. The highest BCUT2D eigenvalue weighted by Gasteiger charge is 2.42. The van der Waals surface area contributed by atoms with Gasteiger partial charge in [0, 0.05) is 6.54 Å². The molecule has 7 heteroatoms. The first-order chi connectivity index (χ1) is 9.75. The van der Waals surface area contributed by atoms with Crippen LogP contribution in [0.3, 0.4) is 0 Å². The van der Waals surface area contributed by atoms with Gasteiger partial charge in [0.25, 0.3) is 0 Å². The second kappa shape index (κ2) is 5.94. The van der Waals surface area contributed by atoms with Gasteiger partial charge in [0.05, 0.1) is 11.5 Å². The van der Waals surface area contributed by atoms with Gasteiger partial charge in [-0.2, -0.15) is 0 Å². The van der Waals surface area contributed by atoms with Gasteiger partial charge < -0.3 is 10.2 Å². The molecular weight excluding hydrogens is 292 g/mol. The monoisotopic (exact) mass is 316 g/mol. The van der Waals surface area contributed by atoms with Crippen LogP contribution in [0, 0.1) is 11.8 Å². The minimum absolute atomic E-state index is 0.0510. The summed E-state index contributed by atoms with van der Waals surface area (Å²) >= 11 is 0. The SMILES string of the molecule is CCC(C)C1NC(=O)C(C)N(CC2CCS(=O)(=O)C2)C1=O. The average molecular weight is 316 g/mol. The maximum Gasteiger partial charge on any atom is 0.246 e. The topological polar surface area (TPSA) is 83.6 Å². The van der Waals surface area contributed by atoms with Gasteiger partial charge in [0.2, 0.25) is 11.8 Å². The van der Waals surface area contributed by atoms with Gasteiger partial charge in [-0.15, -0.1) is 0 Å². The van der Waals surface area contributed by atoms with Gasteiger partial charge >= 0.3 is 0 Å². The van der Waals surface area contributed by atoms with E-state index in [1.54, 1.807) is 11.8 Å². The van der Waals surface area contributed by atoms with Crippen LogP contribution >= 0.6 is 0 Å². The van der Waals surface area contributed by atoms with Crippen molar-refractivity contribution in [1.29, 1.82) is 0 Å². The average Bonchev–Trinajstić information content (AvgIpc) is 2.77. The van der Waals surface area contributed by atoms with E-state index in [1.165, 1.54) is 0 Å². The molecule has 2 heterocycles. The molecule has 1 N–H and O–H groups in total. The van der Waals surface area contributed by atoms with E-state index in [4.69, 9.17) is 0 Å². The molecule has 0 aromatic heterocycles. The molecule has 0 aromatic carbocycles. The van der Waals surface area contributed by atoms with Crippen LogP contribution in [0.5, 0.6) is 0 Å². The zero-order chi connectivity index (χ0) is 15.8. The molecule has 0 aliphatic carbocycles. The van der Waals surface area contributed by atoms with Gasteiger partial charge in [0.1, 0.15) is 12.1 Å². The van der Waals surface area contributed by atoms with E-state index in [0.717, 1.165) is 6.42 Å². The maximum atomic E-state index is 12.6. The third-order valence-electron chi connectivity index (χ3n) is 4.69. The first-order valence-corrected chi connectivity index (χ1v) is 9.38. The fraction of sp³-hybridized carbons (Fsp3) is 0.857. The first kappa shape index (κ1) is 16.3. The molecular formula is C14H24N2O4S. The zero-order valence-corrected chi connectivity index (χ0v) is 13.6. The normalized spacial score (nSPS) is 33.9. The minimum atomic E-state index is -2.97. The van der Waals surface area contributed by atoms with Crippen molar-refractivity contribution < 1.29 is 18.0 Å². The van der Waals surface area contributed by atoms with E-state index < -0.39 is 21.9 Å². The van der Waals surface area contributed by atoms with E-state index in [2.05, 4.69) is 5.32 Å². The Labute approximate surface area is 126 Å². The van der Waals surface area contributed by atoms with Gasteiger partial charge in [-0.25, -0.2) is 8.42 Å². The van der Waals surface area contributed by atoms with E-state index in [1.807, 2.05) is 13.8 Å². The molecule has 0 aromatic rings. The Hall–Kier alpha value is -1.11. The summed E-state index contributed by atoms with van der Waals surface area (Å²) in [4.78, 5) is 26.2. The molecule has 4 unspecified atom stereocenters. The standard InChI is InChI=1S/C14H24N2O4S/c1-4-9(2)12-14(18)16(10(3)13(17)15-12)7-11-5-6-21(19,20)8-11/h9-12H,4-8H2,1-3H3,(H,15,17). The second-order valence-corrected chi connectivity index (χ2v) is 8.54. The highest BCUT2D eigenvalue weighted by molar-refractivity contribution is 7.91. The van der Waals surface area contributed by atoms with Gasteiger partial charge in [0.15, 0.2) is 9.84 Å². The Bertz CT molecular complexity index is 531. The number of sulfone groups is 1. The zero-order valence-electron chi connectivity index (χ0n) is 12.8. The predicted molar refractivity (Wildman–Crippen MR) is 79.3 cm³/mol. The molecule has 0 saturated carbocycles. The van der Waals surface area contributed by atoms with Crippen LogP contribution in [0.4, 0.5) is 0 Å². The van der Waals surface area contributed by atoms with E-state index in [0.29, 0.717) is 13.0 Å². The summed E-state index contributed by atoms with van der Waals surface area (Å²) < 4.78 is 23.1. The van der Waals surface area contributed by atoms with Crippen LogP contribution < -0.4 is 5.32 Å². The van der Waals surface area contributed by atoms with Crippen molar-refractivity contribution in [3.63, 3.8) is 0 Å². The molecule has 2 saturated heterocycles. The molecule has 2 amide bonds. The van der Waals surface area contributed by atoms with Crippen LogP contribution in [-0.2, 0) is 19.4 Å². The van der Waals surface area contributed by atoms with Gasteiger partial charge in [-0.05, 0) is 25.2 Å². The summed E-state index contributed by atoms with van der Waals surface area (Å²) in [6.45, 7) is 5.98. The van der Waals surface area contributed by atoms with Gasteiger partial charge in [-0.3, -0.25) is 9.59 Å². The van der Waals surface area contributed by atoms with Crippen molar-refractivity contribution in [2.24, 2.45) is 11.8 Å². The number of piperazine rings is 1. The summed E-state index contributed by atoms with van der Waals surface area (Å²) in [5, 5.41) is 2.79. The number of amides is 2. The van der Waals surface area contributed by atoms with Crippen molar-refractivity contribution in [2.45, 2.75) is 45.7 Å². The molecule has 0 spiro atoms. The van der Waals surface area contributed by atoms with E-state index in [9.17, 15) is 18.0 Å². The molecule has 2 aliphatic heterocycles. The number of rotatable bonds is 4. The van der Waals surface area contributed by atoms with Crippen molar-refractivity contribution in [2.75, 3.05) is 18.1 Å². The first-order valence-electron chi connectivity index (χ1n) is 7.56. The van der Waals surface area contributed by atoms with Crippen LogP contribution in [0.1, 0.15) is 33.6 Å². The molecule has 0 bridgehead atoms.